The number of rotatable bonds is 6. The second kappa shape index (κ2) is 3.92. The molecule has 4 heteroatoms. The largest absolute Gasteiger partial charge is 0.393 e. The summed E-state index contributed by atoms with van der Waals surface area (Å²) in [6, 6.07) is 0. The summed E-state index contributed by atoms with van der Waals surface area (Å²) < 4.78 is 9.86. The highest BCUT2D eigenvalue weighted by molar-refractivity contribution is 4.77. The molecule has 4 unspecified atom stereocenters. The molecule has 0 spiro atoms. The van der Waals surface area contributed by atoms with Gasteiger partial charge in [0.05, 0.1) is 18.8 Å². The molecule has 0 bridgehead atoms. The minimum Gasteiger partial charge on any atom is -0.393 e. The minimum absolute atomic E-state index is 0.0215. The Balaban J connectivity index is 1.48. The van der Waals surface area contributed by atoms with Crippen LogP contribution in [-0.4, -0.2) is 41.4 Å². The van der Waals surface area contributed by atoms with Crippen molar-refractivity contribution in [2.45, 2.75) is 50.3 Å². The van der Waals surface area contributed by atoms with Crippen molar-refractivity contribution < 1.29 is 19.7 Å². The molecule has 76 valence electrons. The number of aliphatic hydroxyl groups is 2. The average molecular weight is 188 g/mol. The first kappa shape index (κ1) is 9.40. The van der Waals surface area contributed by atoms with Gasteiger partial charge in [-0.05, 0) is 25.7 Å². The average Bonchev–Trinajstić information content (AvgIpc) is 2.95. The van der Waals surface area contributed by atoms with Crippen molar-refractivity contribution in [3.8, 4) is 0 Å². The maximum absolute atomic E-state index is 9.50. The third-order valence-corrected chi connectivity index (χ3v) is 2.56. The maximum Gasteiger partial charge on any atom is 0.181 e. The van der Waals surface area contributed by atoms with E-state index in [4.69, 9.17) is 14.6 Å². The SMILES string of the molecule is OC(CCC1CO1)CCC1OC1O. The van der Waals surface area contributed by atoms with E-state index in [0.29, 0.717) is 12.5 Å². The number of hydrogen-bond donors (Lipinski definition) is 2. The number of hydrogen-bond acceptors (Lipinski definition) is 4. The minimum atomic E-state index is -0.570. The Kier molecular flexibility index (Phi) is 2.83. The molecule has 2 N–H and O–H groups in total. The first-order valence-corrected chi connectivity index (χ1v) is 4.89. The van der Waals surface area contributed by atoms with E-state index in [1.807, 2.05) is 0 Å². The van der Waals surface area contributed by atoms with Crippen molar-refractivity contribution in [2.24, 2.45) is 0 Å². The van der Waals surface area contributed by atoms with Gasteiger partial charge in [-0.15, -0.1) is 0 Å². The van der Waals surface area contributed by atoms with Crippen LogP contribution in [0.15, 0.2) is 0 Å². The Bertz CT molecular complexity index is 169. The zero-order valence-corrected chi connectivity index (χ0v) is 7.56. The van der Waals surface area contributed by atoms with Crippen molar-refractivity contribution in [3.05, 3.63) is 0 Å². The lowest BCUT2D eigenvalue weighted by molar-refractivity contribution is 0.141. The fraction of sp³-hybridized carbons (Fsp3) is 1.00. The van der Waals surface area contributed by atoms with Gasteiger partial charge in [0.2, 0.25) is 0 Å². The zero-order chi connectivity index (χ0) is 9.26. The van der Waals surface area contributed by atoms with Gasteiger partial charge in [-0.1, -0.05) is 0 Å². The Labute approximate surface area is 77.5 Å². The van der Waals surface area contributed by atoms with E-state index >= 15 is 0 Å². The van der Waals surface area contributed by atoms with Gasteiger partial charge in [-0.25, -0.2) is 0 Å². The van der Waals surface area contributed by atoms with Crippen molar-refractivity contribution in [3.63, 3.8) is 0 Å². The lowest BCUT2D eigenvalue weighted by Gasteiger charge is -2.07. The predicted molar refractivity (Wildman–Crippen MR) is 45.1 cm³/mol. The van der Waals surface area contributed by atoms with Crippen molar-refractivity contribution >= 4 is 0 Å². The highest BCUT2D eigenvalue weighted by Gasteiger charge is 2.36. The van der Waals surface area contributed by atoms with Crippen LogP contribution in [0.3, 0.4) is 0 Å². The molecule has 0 amide bonds. The summed E-state index contributed by atoms with van der Waals surface area (Å²) in [5, 5.41) is 18.3. The molecule has 2 saturated heterocycles. The Hall–Kier alpha value is -0.160. The predicted octanol–water partition coefficient (Wildman–Crippen LogP) is 0.0237. The Morgan fingerprint density at radius 3 is 2.46 bits per heavy atom. The molecule has 4 atom stereocenters. The summed E-state index contributed by atoms with van der Waals surface area (Å²) in [5.74, 6) is 0. The molecule has 0 aromatic carbocycles. The summed E-state index contributed by atoms with van der Waals surface area (Å²) in [6.07, 6.45) is 2.77. The highest BCUT2D eigenvalue weighted by atomic mass is 16.7. The zero-order valence-electron chi connectivity index (χ0n) is 7.56. The summed E-state index contributed by atoms with van der Waals surface area (Å²) >= 11 is 0. The van der Waals surface area contributed by atoms with Gasteiger partial charge in [0.15, 0.2) is 6.29 Å². The monoisotopic (exact) mass is 188 g/mol. The van der Waals surface area contributed by atoms with E-state index in [-0.39, 0.29) is 12.2 Å². The maximum atomic E-state index is 9.50. The highest BCUT2D eigenvalue weighted by Crippen LogP contribution is 2.25. The van der Waals surface area contributed by atoms with Crippen LogP contribution in [0, 0.1) is 0 Å². The molecule has 0 saturated carbocycles. The lowest BCUT2D eigenvalue weighted by atomic mass is 10.1. The van der Waals surface area contributed by atoms with Crippen molar-refractivity contribution in [1.82, 2.24) is 0 Å². The molecule has 2 rings (SSSR count). The fourth-order valence-corrected chi connectivity index (χ4v) is 1.46. The van der Waals surface area contributed by atoms with Gasteiger partial charge in [0.1, 0.15) is 6.10 Å². The summed E-state index contributed by atoms with van der Waals surface area (Å²) in [7, 11) is 0. The molecule has 13 heavy (non-hydrogen) atoms. The molecule has 0 radical (unpaired) electrons. The van der Waals surface area contributed by atoms with Gasteiger partial charge in [0, 0.05) is 0 Å². The first-order chi connectivity index (χ1) is 6.25. The van der Waals surface area contributed by atoms with Gasteiger partial charge in [0.25, 0.3) is 0 Å². The normalized spacial score (nSPS) is 38.8. The quantitative estimate of drug-likeness (QED) is 0.577. The molecule has 2 heterocycles. The van der Waals surface area contributed by atoms with E-state index < -0.39 is 6.29 Å². The first-order valence-electron chi connectivity index (χ1n) is 4.89. The van der Waals surface area contributed by atoms with Gasteiger partial charge in [-0.3, -0.25) is 0 Å². The van der Waals surface area contributed by atoms with E-state index in [2.05, 4.69) is 0 Å². The van der Waals surface area contributed by atoms with Gasteiger partial charge in [-0.2, -0.15) is 0 Å². The second-order valence-electron chi connectivity index (χ2n) is 3.83. The third kappa shape index (κ3) is 3.23. The number of aliphatic hydroxyl groups excluding tert-OH is 2. The molecule has 0 aliphatic carbocycles. The third-order valence-electron chi connectivity index (χ3n) is 2.56. The number of epoxide rings is 2. The van der Waals surface area contributed by atoms with Gasteiger partial charge >= 0.3 is 0 Å². The van der Waals surface area contributed by atoms with E-state index in [1.54, 1.807) is 0 Å². The summed E-state index contributed by atoms with van der Waals surface area (Å²) in [5.41, 5.74) is 0. The van der Waals surface area contributed by atoms with Crippen LogP contribution in [0.2, 0.25) is 0 Å². The molecular formula is C9H16O4. The lowest BCUT2D eigenvalue weighted by Crippen LogP contribution is -2.09. The van der Waals surface area contributed by atoms with E-state index in [9.17, 15) is 5.11 Å². The van der Waals surface area contributed by atoms with Crippen LogP contribution in [0.1, 0.15) is 25.7 Å². The molecule has 2 aliphatic heterocycles. The van der Waals surface area contributed by atoms with Crippen molar-refractivity contribution in [1.29, 1.82) is 0 Å². The molecular weight excluding hydrogens is 172 g/mol. The Morgan fingerprint density at radius 2 is 1.92 bits per heavy atom. The second-order valence-corrected chi connectivity index (χ2v) is 3.83. The Morgan fingerprint density at radius 1 is 1.31 bits per heavy atom. The summed E-state index contributed by atoms with van der Waals surface area (Å²) in [4.78, 5) is 0. The van der Waals surface area contributed by atoms with Crippen LogP contribution >= 0.6 is 0 Å². The van der Waals surface area contributed by atoms with E-state index in [0.717, 1.165) is 25.9 Å². The van der Waals surface area contributed by atoms with Crippen LogP contribution < -0.4 is 0 Å². The van der Waals surface area contributed by atoms with Gasteiger partial charge < -0.3 is 19.7 Å². The van der Waals surface area contributed by atoms with E-state index in [1.165, 1.54) is 0 Å². The molecule has 4 nitrogen and oxygen atoms in total. The molecule has 0 aromatic rings. The molecule has 2 fully saturated rings. The summed E-state index contributed by atoms with van der Waals surface area (Å²) in [6.45, 7) is 0.858. The van der Waals surface area contributed by atoms with Crippen molar-refractivity contribution in [2.75, 3.05) is 6.61 Å². The molecule has 0 aromatic heterocycles. The van der Waals surface area contributed by atoms with Crippen LogP contribution in [0.5, 0.6) is 0 Å². The standard InChI is InChI=1S/C9H16O4/c10-6(1-3-7-5-12-7)2-4-8-9(11)13-8/h6-11H,1-5H2. The molecule has 2 aliphatic rings. The van der Waals surface area contributed by atoms with Crippen LogP contribution in [0.25, 0.3) is 0 Å². The fourth-order valence-electron chi connectivity index (χ4n) is 1.46. The number of ether oxygens (including phenoxy) is 2. The smallest absolute Gasteiger partial charge is 0.181 e. The topological polar surface area (TPSA) is 65.5 Å². The van der Waals surface area contributed by atoms with Crippen LogP contribution in [-0.2, 0) is 9.47 Å². The van der Waals surface area contributed by atoms with Crippen LogP contribution in [0.4, 0.5) is 0 Å².